The second-order valence-electron chi connectivity index (χ2n) is 5.45. The van der Waals surface area contributed by atoms with Crippen molar-refractivity contribution >= 4 is 16.8 Å². The maximum absolute atomic E-state index is 11.9. The second kappa shape index (κ2) is 7.24. The number of nitrogens with two attached hydrogens (primary N) is 1. The first-order valence-corrected chi connectivity index (χ1v) is 7.34. The van der Waals surface area contributed by atoms with Crippen molar-refractivity contribution in [1.82, 2.24) is 10.3 Å². The van der Waals surface area contributed by atoms with Gasteiger partial charge in [-0.2, -0.15) is 0 Å². The van der Waals surface area contributed by atoms with Gasteiger partial charge in [-0.1, -0.05) is 18.2 Å². The van der Waals surface area contributed by atoms with E-state index in [0.717, 1.165) is 22.9 Å². The minimum absolute atomic E-state index is 0.147. The van der Waals surface area contributed by atoms with Crippen LogP contribution in [0, 0.1) is 0 Å². The van der Waals surface area contributed by atoms with E-state index in [1.807, 2.05) is 30.5 Å². The van der Waals surface area contributed by atoms with E-state index in [9.17, 15) is 4.79 Å². The molecule has 1 heterocycles. The predicted molar refractivity (Wildman–Crippen MR) is 83.9 cm³/mol. The van der Waals surface area contributed by atoms with Crippen LogP contribution >= 0.6 is 0 Å². The smallest absolute Gasteiger partial charge is 0.237 e. The van der Waals surface area contributed by atoms with Crippen LogP contribution in [0.1, 0.15) is 25.3 Å². The molecule has 1 aromatic heterocycles. The van der Waals surface area contributed by atoms with Crippen LogP contribution in [-0.2, 0) is 11.2 Å². The van der Waals surface area contributed by atoms with Crippen molar-refractivity contribution in [2.75, 3.05) is 6.54 Å². The lowest BCUT2D eigenvalue weighted by atomic mass is 10.1. The Morgan fingerprint density at radius 3 is 2.95 bits per heavy atom. The summed E-state index contributed by atoms with van der Waals surface area (Å²) >= 11 is 0. The Hall–Kier alpha value is -1.85. The quantitative estimate of drug-likeness (QED) is 0.579. The fourth-order valence-electron chi connectivity index (χ4n) is 2.37. The van der Waals surface area contributed by atoms with Crippen molar-refractivity contribution in [3.63, 3.8) is 0 Å². The van der Waals surface area contributed by atoms with E-state index in [2.05, 4.69) is 10.3 Å². The van der Waals surface area contributed by atoms with Gasteiger partial charge < -0.3 is 21.1 Å². The average molecular weight is 289 g/mol. The lowest BCUT2D eigenvalue weighted by molar-refractivity contribution is -0.122. The summed E-state index contributed by atoms with van der Waals surface area (Å²) in [6.45, 7) is 2.29. The van der Waals surface area contributed by atoms with E-state index in [1.54, 1.807) is 6.92 Å². The van der Waals surface area contributed by atoms with Crippen molar-refractivity contribution in [2.24, 2.45) is 5.73 Å². The molecular formula is C16H23N3O2. The molecule has 2 atom stereocenters. The molecule has 2 aromatic rings. The van der Waals surface area contributed by atoms with Gasteiger partial charge in [0.25, 0.3) is 0 Å². The van der Waals surface area contributed by atoms with Gasteiger partial charge in [-0.15, -0.1) is 0 Å². The summed E-state index contributed by atoms with van der Waals surface area (Å²) < 4.78 is 0. The van der Waals surface area contributed by atoms with Gasteiger partial charge >= 0.3 is 0 Å². The number of rotatable bonds is 7. The SMILES string of the molecule is CC(O)CCCNC(=O)[C@@H](N)Cc1c[nH]c2ccccc12. The van der Waals surface area contributed by atoms with E-state index in [4.69, 9.17) is 10.8 Å². The molecule has 0 spiro atoms. The maximum Gasteiger partial charge on any atom is 0.237 e. The molecule has 0 aliphatic rings. The fraction of sp³-hybridized carbons (Fsp3) is 0.438. The molecule has 2 rings (SSSR count). The van der Waals surface area contributed by atoms with Crippen LogP contribution in [0.2, 0.25) is 0 Å². The maximum atomic E-state index is 11.9. The summed E-state index contributed by atoms with van der Waals surface area (Å²) in [4.78, 5) is 15.1. The standard InChI is InChI=1S/C16H23N3O2/c1-11(20)5-4-8-18-16(21)14(17)9-12-10-19-15-7-3-2-6-13(12)15/h2-3,6-7,10-11,14,19-20H,4-5,8-9,17H2,1H3,(H,18,21)/t11?,14-/m0/s1. The summed E-state index contributed by atoms with van der Waals surface area (Å²) in [5.41, 5.74) is 8.07. The number of fused-ring (bicyclic) bond motifs is 1. The largest absolute Gasteiger partial charge is 0.393 e. The molecule has 5 heteroatoms. The Morgan fingerprint density at radius 2 is 2.19 bits per heavy atom. The van der Waals surface area contributed by atoms with Crippen LogP contribution in [0.3, 0.4) is 0 Å². The Bertz CT molecular complexity index is 592. The van der Waals surface area contributed by atoms with Crippen molar-refractivity contribution in [2.45, 2.75) is 38.3 Å². The molecule has 5 N–H and O–H groups in total. The number of carbonyl (C=O) groups excluding carboxylic acids is 1. The molecule has 1 unspecified atom stereocenters. The topological polar surface area (TPSA) is 91.1 Å². The van der Waals surface area contributed by atoms with Crippen LogP contribution < -0.4 is 11.1 Å². The van der Waals surface area contributed by atoms with Gasteiger partial charge in [0.05, 0.1) is 12.1 Å². The first-order valence-electron chi connectivity index (χ1n) is 7.34. The summed E-state index contributed by atoms with van der Waals surface area (Å²) in [6.07, 6.45) is 3.51. The summed E-state index contributed by atoms with van der Waals surface area (Å²) in [6, 6.07) is 7.41. The molecule has 114 valence electrons. The number of aliphatic hydroxyl groups excluding tert-OH is 1. The molecular weight excluding hydrogens is 266 g/mol. The van der Waals surface area contributed by atoms with Gasteiger partial charge in [0.15, 0.2) is 0 Å². The first-order chi connectivity index (χ1) is 10.1. The number of amides is 1. The van der Waals surface area contributed by atoms with Gasteiger partial charge in [-0.3, -0.25) is 4.79 Å². The monoisotopic (exact) mass is 289 g/mol. The van der Waals surface area contributed by atoms with Gasteiger partial charge in [-0.25, -0.2) is 0 Å². The first kappa shape index (κ1) is 15.5. The van der Waals surface area contributed by atoms with Crippen molar-refractivity contribution in [3.05, 3.63) is 36.0 Å². The number of benzene rings is 1. The van der Waals surface area contributed by atoms with E-state index in [-0.39, 0.29) is 12.0 Å². The van der Waals surface area contributed by atoms with Crippen molar-refractivity contribution < 1.29 is 9.90 Å². The fourth-order valence-corrected chi connectivity index (χ4v) is 2.37. The van der Waals surface area contributed by atoms with E-state index < -0.39 is 6.04 Å². The predicted octanol–water partition coefficient (Wildman–Crippen LogP) is 1.31. The Kier molecular flexibility index (Phi) is 5.36. The van der Waals surface area contributed by atoms with E-state index >= 15 is 0 Å². The third-order valence-corrected chi connectivity index (χ3v) is 3.55. The highest BCUT2D eigenvalue weighted by Crippen LogP contribution is 2.18. The molecule has 0 aliphatic heterocycles. The van der Waals surface area contributed by atoms with Crippen LogP contribution in [0.5, 0.6) is 0 Å². The summed E-state index contributed by atoms with van der Waals surface area (Å²) in [7, 11) is 0. The number of hydrogen-bond donors (Lipinski definition) is 4. The molecule has 0 saturated heterocycles. The van der Waals surface area contributed by atoms with Crippen LogP contribution in [-0.4, -0.2) is 34.7 Å². The molecule has 0 saturated carbocycles. The number of H-pyrrole nitrogens is 1. The molecule has 0 aliphatic carbocycles. The third-order valence-electron chi connectivity index (χ3n) is 3.55. The zero-order valence-electron chi connectivity index (χ0n) is 12.3. The van der Waals surface area contributed by atoms with Gasteiger partial charge in [-0.05, 0) is 37.8 Å². The van der Waals surface area contributed by atoms with Gasteiger partial charge in [0.1, 0.15) is 0 Å². The van der Waals surface area contributed by atoms with Crippen LogP contribution in [0.15, 0.2) is 30.5 Å². The number of hydrogen-bond acceptors (Lipinski definition) is 3. The normalized spacial score (nSPS) is 14.0. The highest BCUT2D eigenvalue weighted by Gasteiger charge is 2.15. The van der Waals surface area contributed by atoms with E-state index in [1.165, 1.54) is 0 Å². The number of aromatic nitrogens is 1. The van der Waals surface area contributed by atoms with Crippen molar-refractivity contribution in [3.8, 4) is 0 Å². The number of nitrogens with one attached hydrogen (secondary N) is 2. The molecule has 1 aromatic carbocycles. The Morgan fingerprint density at radius 1 is 1.43 bits per heavy atom. The molecule has 0 fully saturated rings. The van der Waals surface area contributed by atoms with Crippen LogP contribution in [0.4, 0.5) is 0 Å². The number of aromatic amines is 1. The minimum atomic E-state index is -0.559. The van der Waals surface area contributed by atoms with E-state index in [0.29, 0.717) is 19.4 Å². The van der Waals surface area contributed by atoms with Crippen molar-refractivity contribution in [1.29, 1.82) is 0 Å². The molecule has 21 heavy (non-hydrogen) atoms. The number of para-hydroxylation sites is 1. The molecule has 0 bridgehead atoms. The average Bonchev–Trinajstić information content (AvgIpc) is 2.86. The lowest BCUT2D eigenvalue weighted by Gasteiger charge is -2.12. The summed E-state index contributed by atoms with van der Waals surface area (Å²) in [5, 5.41) is 13.1. The highest BCUT2D eigenvalue weighted by atomic mass is 16.3. The summed E-state index contributed by atoms with van der Waals surface area (Å²) in [5.74, 6) is -0.147. The van der Waals surface area contributed by atoms with Gasteiger partial charge in [0.2, 0.25) is 5.91 Å². The lowest BCUT2D eigenvalue weighted by Crippen LogP contribution is -2.42. The Balaban J connectivity index is 1.86. The minimum Gasteiger partial charge on any atom is -0.393 e. The molecule has 5 nitrogen and oxygen atoms in total. The van der Waals surface area contributed by atoms with Gasteiger partial charge in [0, 0.05) is 23.6 Å². The zero-order chi connectivity index (χ0) is 15.2. The molecule has 1 amide bonds. The molecule has 0 radical (unpaired) electrons. The Labute approximate surface area is 124 Å². The zero-order valence-corrected chi connectivity index (χ0v) is 12.3. The third kappa shape index (κ3) is 4.31. The second-order valence-corrected chi connectivity index (χ2v) is 5.45. The number of aliphatic hydroxyl groups is 1. The number of carbonyl (C=O) groups is 1. The van der Waals surface area contributed by atoms with Crippen LogP contribution in [0.25, 0.3) is 10.9 Å². The highest BCUT2D eigenvalue weighted by molar-refractivity contribution is 5.86.